The molecule has 4 aromatic carbocycles. The first-order chi connectivity index (χ1) is 18.6. The molecule has 0 aromatic heterocycles. The van der Waals surface area contributed by atoms with Gasteiger partial charge >= 0.3 is 6.03 Å². The summed E-state index contributed by atoms with van der Waals surface area (Å²) in [5.41, 5.74) is 3.98. The van der Waals surface area contributed by atoms with E-state index in [-0.39, 0.29) is 18.4 Å². The third-order valence-electron chi connectivity index (χ3n) is 6.26. The Bertz CT molecular complexity index is 1300. The fraction of sp³-hybridized carbons (Fsp3) is 0.188. The lowest BCUT2D eigenvalue weighted by Crippen LogP contribution is -2.39. The maximum absolute atomic E-state index is 13.5. The Morgan fingerprint density at radius 2 is 1.18 bits per heavy atom. The fourth-order valence-electron chi connectivity index (χ4n) is 4.22. The van der Waals surface area contributed by atoms with E-state index in [1.807, 2.05) is 108 Å². The van der Waals surface area contributed by atoms with E-state index < -0.39 is 0 Å². The van der Waals surface area contributed by atoms with Crippen LogP contribution in [0.2, 0.25) is 0 Å². The second kappa shape index (κ2) is 14.1. The van der Waals surface area contributed by atoms with Gasteiger partial charge in [-0.15, -0.1) is 0 Å². The Hall–Kier alpha value is -3.90. The Morgan fingerprint density at radius 3 is 1.76 bits per heavy atom. The van der Waals surface area contributed by atoms with Gasteiger partial charge in [0.2, 0.25) is 5.91 Å². The van der Waals surface area contributed by atoms with Crippen molar-refractivity contribution in [2.75, 3.05) is 18.4 Å². The minimum atomic E-state index is -0.237. The molecule has 0 radical (unpaired) electrons. The summed E-state index contributed by atoms with van der Waals surface area (Å²) in [6.45, 7) is 1.87. The van der Waals surface area contributed by atoms with E-state index in [2.05, 4.69) is 33.4 Å². The number of carbonyl (C=O) groups excluding carboxylic acids is 2. The van der Waals surface area contributed by atoms with Crippen molar-refractivity contribution in [2.24, 2.45) is 0 Å². The van der Waals surface area contributed by atoms with Crippen LogP contribution in [0.25, 0.3) is 0 Å². The van der Waals surface area contributed by atoms with Crippen molar-refractivity contribution < 1.29 is 9.59 Å². The van der Waals surface area contributed by atoms with Gasteiger partial charge in [-0.25, -0.2) is 4.79 Å². The minimum Gasteiger partial charge on any atom is -0.338 e. The number of anilines is 1. The summed E-state index contributed by atoms with van der Waals surface area (Å²) >= 11 is 3.45. The van der Waals surface area contributed by atoms with Gasteiger partial charge in [0.25, 0.3) is 0 Å². The molecule has 0 aliphatic rings. The molecule has 0 saturated heterocycles. The quantitative estimate of drug-likeness (QED) is 0.208. The summed E-state index contributed by atoms with van der Waals surface area (Å²) in [4.78, 5) is 30.4. The SMILES string of the molecule is O=C(CCN(Cc1ccccc1)C(=O)Nc1cccc(Br)c1)N(CCc1ccccc1)Cc1ccccc1. The van der Waals surface area contributed by atoms with Crippen LogP contribution in [0.4, 0.5) is 10.5 Å². The van der Waals surface area contributed by atoms with E-state index in [0.29, 0.717) is 31.9 Å². The first kappa shape index (κ1) is 27.1. The average Bonchev–Trinajstić information content (AvgIpc) is 2.94. The molecule has 0 bridgehead atoms. The maximum Gasteiger partial charge on any atom is 0.322 e. The number of amides is 3. The monoisotopic (exact) mass is 569 g/mol. The van der Waals surface area contributed by atoms with E-state index in [9.17, 15) is 9.59 Å². The van der Waals surface area contributed by atoms with E-state index in [4.69, 9.17) is 0 Å². The highest BCUT2D eigenvalue weighted by molar-refractivity contribution is 9.10. The summed E-state index contributed by atoms with van der Waals surface area (Å²) in [5, 5.41) is 2.97. The minimum absolute atomic E-state index is 0.0260. The van der Waals surface area contributed by atoms with Crippen LogP contribution in [0.1, 0.15) is 23.1 Å². The van der Waals surface area contributed by atoms with Crippen molar-refractivity contribution >= 4 is 33.6 Å². The van der Waals surface area contributed by atoms with Crippen molar-refractivity contribution in [1.82, 2.24) is 9.80 Å². The lowest BCUT2D eigenvalue weighted by molar-refractivity contribution is -0.132. The molecule has 0 heterocycles. The van der Waals surface area contributed by atoms with E-state index in [1.54, 1.807) is 4.90 Å². The van der Waals surface area contributed by atoms with Gasteiger partial charge in [0.1, 0.15) is 0 Å². The van der Waals surface area contributed by atoms with Crippen LogP contribution in [-0.2, 0) is 24.3 Å². The molecule has 194 valence electrons. The summed E-state index contributed by atoms with van der Waals surface area (Å²) in [6.07, 6.45) is 1.01. The van der Waals surface area contributed by atoms with Gasteiger partial charge in [-0.1, -0.05) is 113 Å². The van der Waals surface area contributed by atoms with E-state index >= 15 is 0 Å². The maximum atomic E-state index is 13.5. The third kappa shape index (κ3) is 8.60. The number of nitrogens with one attached hydrogen (secondary N) is 1. The predicted octanol–water partition coefficient (Wildman–Crippen LogP) is 7.14. The zero-order chi connectivity index (χ0) is 26.6. The molecule has 0 atom stereocenters. The molecule has 4 rings (SSSR count). The second-order valence-corrected chi connectivity index (χ2v) is 10.0. The molecule has 5 nitrogen and oxygen atoms in total. The molecular weight excluding hydrogens is 538 g/mol. The summed E-state index contributed by atoms with van der Waals surface area (Å²) in [5.74, 6) is 0.0260. The molecule has 1 N–H and O–H groups in total. The molecule has 38 heavy (non-hydrogen) atoms. The summed E-state index contributed by atoms with van der Waals surface area (Å²) < 4.78 is 0.884. The normalized spacial score (nSPS) is 10.6. The highest BCUT2D eigenvalue weighted by atomic mass is 79.9. The number of nitrogens with zero attached hydrogens (tertiary/aromatic N) is 2. The Morgan fingerprint density at radius 1 is 0.632 bits per heavy atom. The van der Waals surface area contributed by atoms with Crippen LogP contribution in [0, 0.1) is 0 Å². The fourth-order valence-corrected chi connectivity index (χ4v) is 4.62. The highest BCUT2D eigenvalue weighted by Crippen LogP contribution is 2.17. The molecule has 0 fully saturated rings. The van der Waals surface area contributed by atoms with E-state index in [1.165, 1.54) is 5.56 Å². The smallest absolute Gasteiger partial charge is 0.322 e. The summed E-state index contributed by atoms with van der Waals surface area (Å²) in [7, 11) is 0. The highest BCUT2D eigenvalue weighted by Gasteiger charge is 2.19. The Balaban J connectivity index is 1.45. The molecule has 4 aromatic rings. The number of benzene rings is 4. The molecule has 0 aliphatic heterocycles. The van der Waals surface area contributed by atoms with Gasteiger partial charge in [-0.05, 0) is 41.3 Å². The average molecular weight is 571 g/mol. The second-order valence-electron chi connectivity index (χ2n) is 9.13. The standard InChI is InChI=1S/C32H32BrN3O2/c33-29-17-10-18-30(23-29)34-32(38)36(25-28-15-8-3-9-16-28)22-20-31(37)35(24-27-13-6-2-7-14-27)21-19-26-11-4-1-5-12-26/h1-18,23H,19-22,24-25H2,(H,34,38). The van der Waals surface area contributed by atoms with Crippen LogP contribution < -0.4 is 5.32 Å². The molecule has 0 aliphatic carbocycles. The number of hydrogen-bond donors (Lipinski definition) is 1. The third-order valence-corrected chi connectivity index (χ3v) is 6.75. The van der Waals surface area contributed by atoms with Crippen LogP contribution in [0.15, 0.2) is 120 Å². The van der Waals surface area contributed by atoms with Crippen molar-refractivity contribution in [2.45, 2.75) is 25.9 Å². The molecule has 3 amide bonds. The summed E-state index contributed by atoms with van der Waals surface area (Å²) in [6, 6.07) is 37.3. The van der Waals surface area contributed by atoms with Crippen LogP contribution in [0.3, 0.4) is 0 Å². The lowest BCUT2D eigenvalue weighted by atomic mass is 10.1. The Kier molecular flexibility index (Phi) is 10.1. The molecular formula is C32H32BrN3O2. The number of urea groups is 1. The first-order valence-electron chi connectivity index (χ1n) is 12.8. The molecule has 0 unspecified atom stereocenters. The number of halogens is 1. The van der Waals surface area contributed by atoms with Crippen LogP contribution in [0.5, 0.6) is 0 Å². The van der Waals surface area contributed by atoms with Crippen molar-refractivity contribution in [3.8, 4) is 0 Å². The zero-order valence-corrected chi connectivity index (χ0v) is 22.9. The van der Waals surface area contributed by atoms with Gasteiger partial charge in [0.05, 0.1) is 0 Å². The van der Waals surface area contributed by atoms with Gasteiger partial charge in [0.15, 0.2) is 0 Å². The Labute approximate surface area is 233 Å². The molecule has 6 heteroatoms. The van der Waals surface area contributed by atoms with Gasteiger partial charge < -0.3 is 15.1 Å². The number of rotatable bonds is 11. The van der Waals surface area contributed by atoms with Crippen LogP contribution >= 0.6 is 15.9 Å². The van der Waals surface area contributed by atoms with Crippen molar-refractivity contribution in [1.29, 1.82) is 0 Å². The lowest BCUT2D eigenvalue weighted by Gasteiger charge is -2.27. The van der Waals surface area contributed by atoms with Crippen molar-refractivity contribution in [3.05, 3.63) is 136 Å². The van der Waals surface area contributed by atoms with Gasteiger partial charge in [0, 0.05) is 42.8 Å². The number of carbonyl (C=O) groups is 2. The molecule has 0 saturated carbocycles. The van der Waals surface area contributed by atoms with Crippen LogP contribution in [-0.4, -0.2) is 34.8 Å². The number of hydrogen-bond acceptors (Lipinski definition) is 2. The predicted molar refractivity (Wildman–Crippen MR) is 157 cm³/mol. The van der Waals surface area contributed by atoms with Crippen molar-refractivity contribution in [3.63, 3.8) is 0 Å². The van der Waals surface area contributed by atoms with Gasteiger partial charge in [-0.2, -0.15) is 0 Å². The topological polar surface area (TPSA) is 52.7 Å². The zero-order valence-electron chi connectivity index (χ0n) is 21.3. The largest absolute Gasteiger partial charge is 0.338 e. The van der Waals surface area contributed by atoms with E-state index in [0.717, 1.165) is 22.0 Å². The van der Waals surface area contributed by atoms with Gasteiger partial charge in [-0.3, -0.25) is 4.79 Å². The molecule has 0 spiro atoms. The first-order valence-corrected chi connectivity index (χ1v) is 13.6.